The number of hydrogen-bond donors (Lipinski definition) is 1. The average Bonchev–Trinajstić information content (AvgIpc) is 2.82. The van der Waals surface area contributed by atoms with Gasteiger partial charge in [-0.3, -0.25) is 0 Å². The minimum Gasteiger partial charge on any atom is -0.478 e. The Morgan fingerprint density at radius 3 is 2.58 bits per heavy atom. The van der Waals surface area contributed by atoms with Crippen molar-refractivity contribution in [2.45, 2.75) is 33.6 Å². The first-order chi connectivity index (χ1) is 9.06. The van der Waals surface area contributed by atoms with E-state index in [4.69, 9.17) is 5.11 Å². The van der Waals surface area contributed by atoms with Crippen molar-refractivity contribution in [1.82, 2.24) is 9.78 Å². The van der Waals surface area contributed by atoms with Gasteiger partial charge in [0, 0.05) is 5.69 Å². The summed E-state index contributed by atoms with van der Waals surface area (Å²) in [5.41, 5.74) is 4.28. The van der Waals surface area contributed by atoms with Crippen LogP contribution in [-0.4, -0.2) is 20.9 Å². The number of carboxylic acids is 1. The first-order valence-electron chi connectivity index (χ1n) is 6.49. The third kappa shape index (κ3) is 2.52. The highest BCUT2D eigenvalue weighted by Crippen LogP contribution is 2.19. The van der Waals surface area contributed by atoms with Crippen LogP contribution in [0.25, 0.3) is 5.69 Å². The molecule has 0 fully saturated rings. The number of nitrogens with zero attached hydrogens (tertiary/aromatic N) is 2. The quantitative estimate of drug-likeness (QED) is 0.917. The van der Waals surface area contributed by atoms with Crippen molar-refractivity contribution in [3.63, 3.8) is 0 Å². The van der Waals surface area contributed by atoms with Crippen molar-refractivity contribution in [1.29, 1.82) is 0 Å². The Kier molecular flexibility index (Phi) is 3.69. The summed E-state index contributed by atoms with van der Waals surface area (Å²) in [7, 11) is 0. The van der Waals surface area contributed by atoms with Gasteiger partial charge in [-0.15, -0.1) is 0 Å². The van der Waals surface area contributed by atoms with Crippen LogP contribution in [0.5, 0.6) is 0 Å². The maximum absolute atomic E-state index is 11.1. The van der Waals surface area contributed by atoms with Crippen LogP contribution in [0.4, 0.5) is 0 Å². The van der Waals surface area contributed by atoms with E-state index in [9.17, 15) is 4.79 Å². The van der Waals surface area contributed by atoms with Crippen molar-refractivity contribution in [3.8, 4) is 5.69 Å². The van der Waals surface area contributed by atoms with E-state index in [1.165, 1.54) is 0 Å². The Morgan fingerprint density at radius 2 is 2.00 bits per heavy atom. The number of carboxylic acid groups (broad SMARTS) is 1. The Balaban J connectivity index is 2.60. The predicted octanol–water partition coefficient (Wildman–Crippen LogP) is 3.00. The molecule has 0 radical (unpaired) electrons. The molecule has 0 amide bonds. The summed E-state index contributed by atoms with van der Waals surface area (Å²) in [6, 6.07) is 7.21. The third-order valence-electron chi connectivity index (χ3n) is 3.24. The molecule has 0 bridgehead atoms. The molecule has 0 aliphatic heterocycles. The molecule has 1 aromatic carbocycles. The van der Waals surface area contributed by atoms with E-state index in [1.54, 1.807) is 12.1 Å². The van der Waals surface area contributed by atoms with Crippen LogP contribution in [0.1, 0.15) is 41.2 Å². The van der Waals surface area contributed by atoms with Crippen molar-refractivity contribution in [2.75, 3.05) is 0 Å². The maximum Gasteiger partial charge on any atom is 0.335 e. The molecule has 1 heterocycles. The lowest BCUT2D eigenvalue weighted by atomic mass is 10.1. The van der Waals surface area contributed by atoms with Crippen LogP contribution in [-0.2, 0) is 12.8 Å². The summed E-state index contributed by atoms with van der Waals surface area (Å²) in [6.07, 6.45) is 1.74. The standard InChI is InChI=1S/C15H18N2O2/c1-4-12-9-13(5-2)17(16-12)14-8-11(15(18)19)7-6-10(14)3/h6-9H,4-5H2,1-3H3,(H,18,19). The van der Waals surface area contributed by atoms with Gasteiger partial charge < -0.3 is 5.11 Å². The largest absolute Gasteiger partial charge is 0.478 e. The first kappa shape index (κ1) is 13.3. The van der Waals surface area contributed by atoms with Gasteiger partial charge in [-0.05, 0) is 43.5 Å². The van der Waals surface area contributed by atoms with Crippen molar-refractivity contribution >= 4 is 5.97 Å². The number of carbonyl (C=O) groups is 1. The Hall–Kier alpha value is -2.10. The van der Waals surface area contributed by atoms with Gasteiger partial charge in [0.15, 0.2) is 0 Å². The van der Waals surface area contributed by atoms with Gasteiger partial charge in [0.2, 0.25) is 0 Å². The molecule has 1 N–H and O–H groups in total. The van der Waals surface area contributed by atoms with Crippen LogP contribution in [0, 0.1) is 6.92 Å². The van der Waals surface area contributed by atoms with E-state index in [-0.39, 0.29) is 5.56 Å². The van der Waals surface area contributed by atoms with E-state index in [2.05, 4.69) is 25.0 Å². The smallest absolute Gasteiger partial charge is 0.335 e. The summed E-state index contributed by atoms with van der Waals surface area (Å²) in [5.74, 6) is -0.915. The second-order valence-corrected chi connectivity index (χ2v) is 4.55. The summed E-state index contributed by atoms with van der Waals surface area (Å²) >= 11 is 0. The van der Waals surface area contributed by atoms with Gasteiger partial charge in [0.25, 0.3) is 0 Å². The summed E-state index contributed by atoms with van der Waals surface area (Å²) in [5, 5.41) is 13.7. The topological polar surface area (TPSA) is 55.1 Å². The number of hydrogen-bond acceptors (Lipinski definition) is 2. The van der Waals surface area contributed by atoms with Crippen LogP contribution >= 0.6 is 0 Å². The van der Waals surface area contributed by atoms with Gasteiger partial charge >= 0.3 is 5.97 Å². The molecule has 2 aromatic rings. The van der Waals surface area contributed by atoms with Crippen molar-refractivity contribution in [3.05, 3.63) is 46.8 Å². The molecule has 4 nitrogen and oxygen atoms in total. The lowest BCUT2D eigenvalue weighted by Gasteiger charge is -2.10. The molecule has 1 aromatic heterocycles. The van der Waals surface area contributed by atoms with Crippen molar-refractivity contribution < 1.29 is 9.90 Å². The minimum atomic E-state index is -0.915. The van der Waals surface area contributed by atoms with E-state index >= 15 is 0 Å². The van der Waals surface area contributed by atoms with Gasteiger partial charge in [0.1, 0.15) is 0 Å². The van der Waals surface area contributed by atoms with E-state index < -0.39 is 5.97 Å². The van der Waals surface area contributed by atoms with Gasteiger partial charge in [-0.1, -0.05) is 19.9 Å². The molecule has 0 aliphatic rings. The van der Waals surface area contributed by atoms with Crippen LogP contribution in [0.15, 0.2) is 24.3 Å². The number of aromatic carboxylic acids is 1. The Labute approximate surface area is 112 Å². The number of aromatic nitrogens is 2. The Bertz CT molecular complexity index is 615. The zero-order chi connectivity index (χ0) is 14.0. The zero-order valence-electron chi connectivity index (χ0n) is 11.5. The van der Waals surface area contributed by atoms with E-state index in [0.29, 0.717) is 0 Å². The molecule has 0 unspecified atom stereocenters. The van der Waals surface area contributed by atoms with Crippen molar-refractivity contribution in [2.24, 2.45) is 0 Å². The fourth-order valence-electron chi connectivity index (χ4n) is 2.08. The molecule has 2 rings (SSSR count). The molecule has 0 aliphatic carbocycles. The lowest BCUT2D eigenvalue weighted by Crippen LogP contribution is -2.06. The molecular weight excluding hydrogens is 240 g/mol. The summed E-state index contributed by atoms with van der Waals surface area (Å²) in [4.78, 5) is 11.1. The average molecular weight is 258 g/mol. The highest BCUT2D eigenvalue weighted by Gasteiger charge is 2.12. The monoisotopic (exact) mass is 258 g/mol. The number of rotatable bonds is 4. The van der Waals surface area contributed by atoms with Gasteiger partial charge in [0.05, 0.1) is 16.9 Å². The first-order valence-corrected chi connectivity index (χ1v) is 6.49. The van der Waals surface area contributed by atoms with Crippen LogP contribution < -0.4 is 0 Å². The lowest BCUT2D eigenvalue weighted by molar-refractivity contribution is 0.0697. The molecule has 0 saturated carbocycles. The molecule has 100 valence electrons. The normalized spacial score (nSPS) is 10.7. The van der Waals surface area contributed by atoms with Crippen LogP contribution in [0.3, 0.4) is 0 Å². The zero-order valence-corrected chi connectivity index (χ0v) is 11.5. The fraction of sp³-hybridized carbons (Fsp3) is 0.333. The molecular formula is C15H18N2O2. The molecule has 0 saturated heterocycles. The highest BCUT2D eigenvalue weighted by molar-refractivity contribution is 5.88. The number of benzene rings is 1. The highest BCUT2D eigenvalue weighted by atomic mass is 16.4. The fourth-order valence-corrected chi connectivity index (χ4v) is 2.08. The van der Waals surface area contributed by atoms with E-state index in [0.717, 1.165) is 35.5 Å². The molecule has 19 heavy (non-hydrogen) atoms. The second-order valence-electron chi connectivity index (χ2n) is 4.55. The summed E-state index contributed by atoms with van der Waals surface area (Å²) in [6.45, 7) is 6.10. The van der Waals surface area contributed by atoms with Gasteiger partial charge in [-0.25, -0.2) is 9.48 Å². The molecule has 0 atom stereocenters. The second kappa shape index (κ2) is 5.26. The molecule has 0 spiro atoms. The number of aryl methyl sites for hydroxylation is 3. The summed E-state index contributed by atoms with van der Waals surface area (Å²) < 4.78 is 1.86. The van der Waals surface area contributed by atoms with E-state index in [1.807, 2.05) is 17.7 Å². The maximum atomic E-state index is 11.1. The SMILES string of the molecule is CCc1cc(CC)n(-c2cc(C(=O)O)ccc2C)n1. The minimum absolute atomic E-state index is 0.288. The predicted molar refractivity (Wildman–Crippen MR) is 74.0 cm³/mol. The van der Waals surface area contributed by atoms with Crippen LogP contribution in [0.2, 0.25) is 0 Å². The third-order valence-corrected chi connectivity index (χ3v) is 3.24. The Morgan fingerprint density at radius 1 is 1.26 bits per heavy atom. The van der Waals surface area contributed by atoms with Gasteiger partial charge in [-0.2, -0.15) is 5.10 Å². The molecule has 4 heteroatoms.